The van der Waals surface area contributed by atoms with E-state index in [1.807, 2.05) is 0 Å². The van der Waals surface area contributed by atoms with Gasteiger partial charge >= 0.3 is 0 Å². The minimum absolute atomic E-state index is 0.0966. The Labute approximate surface area is 127 Å². The molecule has 1 aromatic carbocycles. The van der Waals surface area contributed by atoms with Crippen LogP contribution in [0.3, 0.4) is 0 Å². The van der Waals surface area contributed by atoms with Crippen molar-refractivity contribution in [2.24, 2.45) is 0 Å². The molecule has 0 radical (unpaired) electrons. The maximum atomic E-state index is 5.23. The maximum Gasteiger partial charge on any atom is 0.229 e. The molecule has 1 fully saturated rings. The summed E-state index contributed by atoms with van der Waals surface area (Å²) >= 11 is 3.47. The van der Waals surface area contributed by atoms with E-state index in [9.17, 15) is 0 Å². The molecule has 1 aliphatic rings. The van der Waals surface area contributed by atoms with Crippen LogP contribution in [0.4, 0.5) is 0 Å². The number of rotatable bonds is 5. The van der Waals surface area contributed by atoms with Crippen molar-refractivity contribution >= 4 is 15.9 Å². The SMILES string of the molecule is CC(C)c1nc(CNC2(c3ccc(Br)cc3)CC2)no1. The lowest BCUT2D eigenvalue weighted by atomic mass is 10.1. The highest BCUT2D eigenvalue weighted by Gasteiger charge is 2.43. The summed E-state index contributed by atoms with van der Waals surface area (Å²) in [4.78, 5) is 4.40. The van der Waals surface area contributed by atoms with Crippen molar-refractivity contribution in [1.82, 2.24) is 15.5 Å². The average Bonchev–Trinajstić information content (AvgIpc) is 3.07. The van der Waals surface area contributed by atoms with Crippen molar-refractivity contribution in [3.8, 4) is 0 Å². The first-order valence-corrected chi connectivity index (χ1v) is 7.72. The predicted octanol–water partition coefficient (Wildman–Crippen LogP) is 3.73. The summed E-state index contributed by atoms with van der Waals surface area (Å²) in [6, 6.07) is 8.50. The molecule has 3 rings (SSSR count). The molecule has 1 heterocycles. The minimum atomic E-state index is 0.0966. The van der Waals surface area contributed by atoms with E-state index in [1.165, 1.54) is 5.56 Å². The van der Waals surface area contributed by atoms with Crippen LogP contribution in [0.1, 0.15) is 49.9 Å². The number of hydrogen-bond donors (Lipinski definition) is 1. The smallest absolute Gasteiger partial charge is 0.229 e. The van der Waals surface area contributed by atoms with Gasteiger partial charge in [0.05, 0.1) is 6.54 Å². The molecule has 20 heavy (non-hydrogen) atoms. The van der Waals surface area contributed by atoms with E-state index in [0.29, 0.717) is 12.4 Å². The summed E-state index contributed by atoms with van der Waals surface area (Å²) in [5.74, 6) is 1.71. The minimum Gasteiger partial charge on any atom is -0.339 e. The average molecular weight is 336 g/mol. The molecule has 0 atom stereocenters. The number of benzene rings is 1. The zero-order valence-corrected chi connectivity index (χ0v) is 13.3. The number of aromatic nitrogens is 2. The molecule has 1 aromatic heterocycles. The lowest BCUT2D eigenvalue weighted by Crippen LogP contribution is -2.28. The van der Waals surface area contributed by atoms with Crippen LogP contribution in [-0.4, -0.2) is 10.1 Å². The Balaban J connectivity index is 1.66. The third kappa shape index (κ3) is 2.79. The van der Waals surface area contributed by atoms with Crippen molar-refractivity contribution in [3.05, 3.63) is 46.0 Å². The van der Waals surface area contributed by atoms with Crippen molar-refractivity contribution in [2.45, 2.75) is 44.7 Å². The summed E-state index contributed by atoms with van der Waals surface area (Å²) in [7, 11) is 0. The molecule has 5 heteroatoms. The zero-order valence-electron chi connectivity index (χ0n) is 11.7. The van der Waals surface area contributed by atoms with Crippen LogP contribution in [0, 0.1) is 0 Å². The molecule has 2 aromatic rings. The van der Waals surface area contributed by atoms with Crippen LogP contribution in [0.15, 0.2) is 33.3 Å². The van der Waals surface area contributed by atoms with Crippen LogP contribution < -0.4 is 5.32 Å². The second-order valence-corrected chi connectivity index (χ2v) is 6.56. The first kappa shape index (κ1) is 13.8. The number of halogens is 1. The third-order valence-electron chi connectivity index (χ3n) is 3.71. The monoisotopic (exact) mass is 335 g/mol. The second kappa shape index (κ2) is 5.30. The Morgan fingerprint density at radius 2 is 2.00 bits per heavy atom. The fourth-order valence-electron chi connectivity index (χ4n) is 2.28. The van der Waals surface area contributed by atoms with Gasteiger partial charge in [-0.15, -0.1) is 0 Å². The Kier molecular flexibility index (Phi) is 3.65. The molecule has 0 unspecified atom stereocenters. The highest BCUT2D eigenvalue weighted by molar-refractivity contribution is 9.10. The fourth-order valence-corrected chi connectivity index (χ4v) is 2.55. The van der Waals surface area contributed by atoms with Gasteiger partial charge in [-0.25, -0.2) is 0 Å². The van der Waals surface area contributed by atoms with Gasteiger partial charge in [0, 0.05) is 15.9 Å². The van der Waals surface area contributed by atoms with Crippen LogP contribution in [0.2, 0.25) is 0 Å². The fraction of sp³-hybridized carbons (Fsp3) is 0.467. The van der Waals surface area contributed by atoms with Gasteiger partial charge in [0.25, 0.3) is 0 Å². The lowest BCUT2D eigenvalue weighted by Gasteiger charge is -2.16. The molecule has 1 N–H and O–H groups in total. The van der Waals surface area contributed by atoms with Crippen LogP contribution in [0.25, 0.3) is 0 Å². The molecule has 1 saturated carbocycles. The van der Waals surface area contributed by atoms with Gasteiger partial charge in [-0.05, 0) is 30.5 Å². The van der Waals surface area contributed by atoms with E-state index >= 15 is 0 Å². The van der Waals surface area contributed by atoms with Crippen molar-refractivity contribution in [2.75, 3.05) is 0 Å². The van der Waals surface area contributed by atoms with Crippen LogP contribution >= 0.6 is 15.9 Å². The Morgan fingerprint density at radius 1 is 1.30 bits per heavy atom. The van der Waals surface area contributed by atoms with E-state index in [4.69, 9.17) is 4.52 Å². The van der Waals surface area contributed by atoms with Crippen LogP contribution in [0.5, 0.6) is 0 Å². The predicted molar refractivity (Wildman–Crippen MR) is 80.3 cm³/mol. The van der Waals surface area contributed by atoms with Gasteiger partial charge in [0.15, 0.2) is 5.82 Å². The summed E-state index contributed by atoms with van der Waals surface area (Å²) in [5, 5.41) is 7.59. The molecule has 0 saturated heterocycles. The van der Waals surface area contributed by atoms with Crippen molar-refractivity contribution in [3.63, 3.8) is 0 Å². The molecular formula is C15H18BrN3O. The maximum absolute atomic E-state index is 5.23. The topological polar surface area (TPSA) is 51.0 Å². The van der Waals surface area contributed by atoms with E-state index < -0.39 is 0 Å². The highest BCUT2D eigenvalue weighted by atomic mass is 79.9. The molecule has 106 valence electrons. The van der Waals surface area contributed by atoms with Gasteiger partial charge in [-0.2, -0.15) is 4.98 Å². The van der Waals surface area contributed by atoms with Crippen molar-refractivity contribution < 1.29 is 4.52 Å². The van der Waals surface area contributed by atoms with E-state index in [0.717, 1.165) is 23.1 Å². The number of hydrogen-bond acceptors (Lipinski definition) is 4. The van der Waals surface area contributed by atoms with Crippen molar-refractivity contribution in [1.29, 1.82) is 0 Å². The second-order valence-electron chi connectivity index (χ2n) is 5.65. The molecule has 1 aliphatic carbocycles. The Bertz CT molecular complexity index is 587. The van der Waals surface area contributed by atoms with Crippen LogP contribution in [-0.2, 0) is 12.1 Å². The first-order valence-electron chi connectivity index (χ1n) is 6.93. The molecule has 0 bridgehead atoms. The highest BCUT2D eigenvalue weighted by Crippen LogP contribution is 2.45. The zero-order chi connectivity index (χ0) is 14.2. The quantitative estimate of drug-likeness (QED) is 0.904. The molecule has 0 amide bonds. The summed E-state index contributed by atoms with van der Waals surface area (Å²) in [6.07, 6.45) is 2.31. The van der Waals surface area contributed by atoms with E-state index in [2.05, 4.69) is 69.5 Å². The molecule has 0 aliphatic heterocycles. The third-order valence-corrected chi connectivity index (χ3v) is 4.24. The van der Waals surface area contributed by atoms with Gasteiger partial charge in [-0.1, -0.05) is 47.1 Å². The molecular weight excluding hydrogens is 318 g/mol. The number of nitrogens with one attached hydrogen (secondary N) is 1. The normalized spacial score (nSPS) is 16.6. The largest absolute Gasteiger partial charge is 0.339 e. The van der Waals surface area contributed by atoms with Gasteiger partial charge in [-0.3, -0.25) is 0 Å². The van der Waals surface area contributed by atoms with E-state index in [1.54, 1.807) is 0 Å². The summed E-state index contributed by atoms with van der Waals surface area (Å²) < 4.78 is 6.33. The van der Waals surface area contributed by atoms with Gasteiger partial charge in [0.2, 0.25) is 5.89 Å². The van der Waals surface area contributed by atoms with E-state index in [-0.39, 0.29) is 11.5 Å². The summed E-state index contributed by atoms with van der Waals surface area (Å²) in [5.41, 5.74) is 1.42. The Morgan fingerprint density at radius 3 is 2.55 bits per heavy atom. The van der Waals surface area contributed by atoms with Gasteiger partial charge in [0.1, 0.15) is 0 Å². The molecule has 0 spiro atoms. The standard InChI is InChI=1S/C15H18BrN3O/c1-10(2)14-18-13(19-20-14)9-17-15(7-8-15)11-3-5-12(16)6-4-11/h3-6,10,17H,7-9H2,1-2H3. The van der Waals surface area contributed by atoms with Gasteiger partial charge < -0.3 is 9.84 Å². The Hall–Kier alpha value is -1.20. The first-order chi connectivity index (χ1) is 9.59. The molecule has 4 nitrogen and oxygen atoms in total. The summed E-state index contributed by atoms with van der Waals surface area (Å²) in [6.45, 7) is 4.75. The number of nitrogens with zero attached hydrogens (tertiary/aromatic N) is 2. The lowest BCUT2D eigenvalue weighted by molar-refractivity contribution is 0.357.